The highest BCUT2D eigenvalue weighted by Crippen LogP contribution is 2.37. The summed E-state index contributed by atoms with van der Waals surface area (Å²) in [4.78, 5) is 7.22. The van der Waals surface area contributed by atoms with Crippen LogP contribution in [-0.4, -0.2) is 76.2 Å². The molecule has 0 unspecified atom stereocenters. The maximum absolute atomic E-state index is 13.2. The fourth-order valence-corrected chi connectivity index (χ4v) is 3.90. The largest absolute Gasteiger partial charge is 0.419 e. The molecule has 0 saturated carbocycles. The third-order valence-electron chi connectivity index (χ3n) is 5.16. The average Bonchev–Trinajstić information content (AvgIpc) is 2.59. The number of pyridine rings is 1. The third kappa shape index (κ3) is 4.28. The molecule has 0 aromatic carbocycles. The van der Waals surface area contributed by atoms with Crippen LogP contribution in [0.2, 0.25) is 0 Å². The van der Waals surface area contributed by atoms with Crippen LogP contribution in [0.25, 0.3) is 0 Å². The number of nitrogens with zero attached hydrogens (tertiary/aromatic N) is 3. The van der Waals surface area contributed by atoms with E-state index in [0.717, 1.165) is 19.0 Å². The van der Waals surface area contributed by atoms with Gasteiger partial charge in [0.05, 0.1) is 23.5 Å². The van der Waals surface area contributed by atoms with E-state index in [0.29, 0.717) is 19.6 Å². The minimum Gasteiger partial charge on any atom is -0.389 e. The first kappa shape index (κ1) is 19.3. The molecular weight excluding hydrogens is 351 g/mol. The van der Waals surface area contributed by atoms with E-state index in [9.17, 15) is 28.5 Å². The quantitative estimate of drug-likeness (QED) is 0.722. The van der Waals surface area contributed by atoms with E-state index in [1.807, 2.05) is 4.90 Å². The molecule has 2 saturated heterocycles. The van der Waals surface area contributed by atoms with Crippen LogP contribution in [0.3, 0.4) is 0 Å². The van der Waals surface area contributed by atoms with Crippen molar-refractivity contribution >= 4 is 5.69 Å². The van der Waals surface area contributed by atoms with Gasteiger partial charge in [0.15, 0.2) is 0 Å². The van der Waals surface area contributed by atoms with E-state index in [1.165, 1.54) is 12.3 Å². The van der Waals surface area contributed by atoms with Crippen LogP contribution < -0.4 is 4.90 Å². The molecule has 1 aromatic rings. The van der Waals surface area contributed by atoms with Crippen molar-refractivity contribution in [1.82, 2.24) is 9.88 Å². The number of alkyl halides is 3. The van der Waals surface area contributed by atoms with E-state index in [4.69, 9.17) is 0 Å². The number of aliphatic hydroxyl groups excluding tert-OH is 3. The van der Waals surface area contributed by atoms with Gasteiger partial charge in [-0.1, -0.05) is 0 Å². The van der Waals surface area contributed by atoms with Crippen LogP contribution in [0.4, 0.5) is 18.9 Å². The van der Waals surface area contributed by atoms with Crippen molar-refractivity contribution in [1.29, 1.82) is 0 Å². The van der Waals surface area contributed by atoms with Crippen molar-refractivity contribution in [3.63, 3.8) is 0 Å². The molecular formula is C17H24F3N3O3. The van der Waals surface area contributed by atoms with Gasteiger partial charge in [0, 0.05) is 45.1 Å². The Morgan fingerprint density at radius 3 is 2.46 bits per heavy atom. The van der Waals surface area contributed by atoms with Crippen molar-refractivity contribution in [3.05, 3.63) is 24.0 Å². The van der Waals surface area contributed by atoms with Gasteiger partial charge < -0.3 is 20.2 Å². The van der Waals surface area contributed by atoms with Gasteiger partial charge >= 0.3 is 6.18 Å². The predicted molar refractivity (Wildman–Crippen MR) is 88.6 cm³/mol. The smallest absolute Gasteiger partial charge is 0.389 e. The number of hydrogen-bond donors (Lipinski definition) is 3. The van der Waals surface area contributed by atoms with Crippen LogP contribution in [0, 0.1) is 5.92 Å². The summed E-state index contributed by atoms with van der Waals surface area (Å²) in [6.45, 7) is 2.07. The van der Waals surface area contributed by atoms with Gasteiger partial charge in [-0.2, -0.15) is 13.2 Å². The minimum absolute atomic E-state index is 0.118. The molecule has 0 amide bonds. The van der Waals surface area contributed by atoms with Crippen LogP contribution in [0.15, 0.2) is 18.5 Å². The Morgan fingerprint density at radius 1 is 1.12 bits per heavy atom. The number of anilines is 1. The molecule has 26 heavy (non-hydrogen) atoms. The number of hydrogen-bond acceptors (Lipinski definition) is 6. The minimum atomic E-state index is -4.45. The second kappa shape index (κ2) is 7.67. The van der Waals surface area contributed by atoms with E-state index in [2.05, 4.69) is 4.98 Å². The monoisotopic (exact) mass is 375 g/mol. The topological polar surface area (TPSA) is 80.1 Å². The van der Waals surface area contributed by atoms with Crippen molar-refractivity contribution in [2.45, 2.75) is 37.3 Å². The highest BCUT2D eigenvalue weighted by Gasteiger charge is 2.37. The highest BCUT2D eigenvalue weighted by atomic mass is 19.4. The molecule has 3 rings (SSSR count). The summed E-state index contributed by atoms with van der Waals surface area (Å²) in [6, 6.07) is 1.40. The number of likely N-dealkylation sites (tertiary alicyclic amines) is 1. The predicted octanol–water partition coefficient (Wildman–Crippen LogP) is 0.715. The maximum Gasteiger partial charge on any atom is 0.419 e. The number of piperidine rings is 2. The fourth-order valence-electron chi connectivity index (χ4n) is 3.90. The van der Waals surface area contributed by atoms with Crippen molar-refractivity contribution < 1.29 is 28.5 Å². The molecule has 0 spiro atoms. The van der Waals surface area contributed by atoms with Crippen molar-refractivity contribution in [2.75, 3.05) is 37.6 Å². The summed E-state index contributed by atoms with van der Waals surface area (Å²) < 4.78 is 39.7. The second-order valence-corrected chi connectivity index (χ2v) is 7.19. The van der Waals surface area contributed by atoms with Gasteiger partial charge in [-0.15, -0.1) is 0 Å². The zero-order chi connectivity index (χ0) is 18.9. The van der Waals surface area contributed by atoms with E-state index in [-0.39, 0.29) is 24.7 Å². The Kier molecular flexibility index (Phi) is 5.71. The lowest BCUT2D eigenvalue weighted by molar-refractivity contribution is -0.137. The standard InChI is InChI=1S/C17H24F3N3O3/c18-17(19,20)12-6-21-4-3-13(12)23-5-1-2-11(8-23)7-22-9-14(24)16(26)15(25)10-22/h3-4,6,11,14-16,24-26H,1-2,5,7-10H2/t11-,14-,15+,16+/m1/s1. The van der Waals surface area contributed by atoms with Gasteiger partial charge in [-0.3, -0.25) is 9.88 Å². The molecule has 3 heterocycles. The van der Waals surface area contributed by atoms with Crippen molar-refractivity contribution in [2.24, 2.45) is 5.92 Å². The molecule has 2 fully saturated rings. The summed E-state index contributed by atoms with van der Waals surface area (Å²) >= 11 is 0. The Hall–Kier alpha value is -1.42. The van der Waals surface area contributed by atoms with Crippen LogP contribution >= 0.6 is 0 Å². The highest BCUT2D eigenvalue weighted by molar-refractivity contribution is 5.54. The van der Waals surface area contributed by atoms with Crippen LogP contribution in [-0.2, 0) is 6.18 Å². The molecule has 3 N–H and O–H groups in total. The van der Waals surface area contributed by atoms with Gasteiger partial charge in [0.1, 0.15) is 6.10 Å². The van der Waals surface area contributed by atoms with Crippen LogP contribution in [0.5, 0.6) is 0 Å². The molecule has 6 nitrogen and oxygen atoms in total. The Bertz CT molecular complexity index is 604. The number of rotatable bonds is 3. The van der Waals surface area contributed by atoms with Gasteiger partial charge in [0.25, 0.3) is 0 Å². The first-order chi connectivity index (χ1) is 12.3. The fraction of sp³-hybridized carbons (Fsp3) is 0.706. The zero-order valence-electron chi connectivity index (χ0n) is 14.3. The number of aliphatic hydroxyl groups is 3. The molecule has 2 aliphatic heterocycles. The van der Waals surface area contributed by atoms with Gasteiger partial charge in [0.2, 0.25) is 0 Å². The SMILES string of the molecule is O[C@H]1[C@H](O)CN(C[C@H]2CCCN(c3ccncc3C(F)(F)F)C2)C[C@@H]1O. The summed E-state index contributed by atoms with van der Waals surface area (Å²) in [5.74, 6) is 0.118. The summed E-state index contributed by atoms with van der Waals surface area (Å²) in [5.41, 5.74) is -0.584. The summed E-state index contributed by atoms with van der Waals surface area (Å²) in [5, 5.41) is 29.2. The molecule has 9 heteroatoms. The maximum atomic E-state index is 13.2. The number of halogens is 3. The van der Waals surface area contributed by atoms with Crippen molar-refractivity contribution in [3.8, 4) is 0 Å². The normalized spacial score (nSPS) is 31.2. The Balaban J connectivity index is 1.67. The van der Waals surface area contributed by atoms with E-state index >= 15 is 0 Å². The second-order valence-electron chi connectivity index (χ2n) is 7.19. The molecule has 146 valence electrons. The molecule has 1 aromatic heterocycles. The molecule has 0 aliphatic carbocycles. The molecule has 2 aliphatic rings. The van der Waals surface area contributed by atoms with Gasteiger partial charge in [-0.25, -0.2) is 0 Å². The lowest BCUT2D eigenvalue weighted by Gasteiger charge is -2.41. The lowest BCUT2D eigenvalue weighted by atomic mass is 9.94. The third-order valence-corrected chi connectivity index (χ3v) is 5.16. The van der Waals surface area contributed by atoms with E-state index in [1.54, 1.807) is 4.90 Å². The summed E-state index contributed by atoms with van der Waals surface area (Å²) in [6.07, 6.45) is -3.77. The Morgan fingerprint density at radius 2 is 1.81 bits per heavy atom. The molecule has 0 radical (unpaired) electrons. The van der Waals surface area contributed by atoms with Crippen LogP contribution in [0.1, 0.15) is 18.4 Å². The molecule has 4 atom stereocenters. The van der Waals surface area contributed by atoms with Gasteiger partial charge in [-0.05, 0) is 24.8 Å². The zero-order valence-corrected chi connectivity index (χ0v) is 14.3. The first-order valence-corrected chi connectivity index (χ1v) is 8.78. The Labute approximate surface area is 149 Å². The number of aromatic nitrogens is 1. The number of β-amino-alcohol motifs (C(OH)–C–C–N with tert-alkyl or cyclic N) is 2. The lowest BCUT2D eigenvalue weighted by Crippen LogP contribution is -2.56. The van der Waals surface area contributed by atoms with E-state index < -0.39 is 30.1 Å². The molecule has 0 bridgehead atoms. The summed E-state index contributed by atoms with van der Waals surface area (Å²) in [7, 11) is 0. The average molecular weight is 375 g/mol. The first-order valence-electron chi connectivity index (χ1n) is 8.78.